The first-order valence-electron chi connectivity index (χ1n) is 5.36. The molecule has 2 rings (SSSR count). The SMILES string of the molecule is CC(NC(=O)c1cc(Cl)cc(Cl)c1)c1cccs1. The maximum atomic E-state index is 12.0. The van der Waals surface area contributed by atoms with Gasteiger partial charge in [0.1, 0.15) is 0 Å². The third kappa shape index (κ3) is 3.25. The van der Waals surface area contributed by atoms with Crippen LogP contribution in [-0.2, 0) is 0 Å². The Morgan fingerprint density at radius 3 is 2.50 bits per heavy atom. The molecule has 0 bridgehead atoms. The second-order valence-corrected chi connectivity index (χ2v) is 5.72. The van der Waals surface area contributed by atoms with Crippen molar-refractivity contribution in [2.45, 2.75) is 13.0 Å². The largest absolute Gasteiger partial charge is 0.345 e. The van der Waals surface area contributed by atoms with Gasteiger partial charge >= 0.3 is 0 Å². The third-order valence-electron chi connectivity index (χ3n) is 2.44. The number of rotatable bonds is 3. The lowest BCUT2D eigenvalue weighted by Crippen LogP contribution is -2.26. The monoisotopic (exact) mass is 299 g/mol. The Balaban J connectivity index is 2.12. The number of amides is 1. The van der Waals surface area contributed by atoms with Gasteiger partial charge in [-0.25, -0.2) is 0 Å². The van der Waals surface area contributed by atoms with Crippen LogP contribution < -0.4 is 5.32 Å². The van der Waals surface area contributed by atoms with E-state index in [0.29, 0.717) is 15.6 Å². The molecule has 1 N–H and O–H groups in total. The van der Waals surface area contributed by atoms with Crippen molar-refractivity contribution in [3.05, 3.63) is 56.2 Å². The lowest BCUT2D eigenvalue weighted by Gasteiger charge is -2.12. The lowest BCUT2D eigenvalue weighted by atomic mass is 10.2. The lowest BCUT2D eigenvalue weighted by molar-refractivity contribution is 0.0940. The highest BCUT2D eigenvalue weighted by atomic mass is 35.5. The van der Waals surface area contributed by atoms with Gasteiger partial charge in [0, 0.05) is 20.5 Å². The zero-order chi connectivity index (χ0) is 13.1. The average molecular weight is 300 g/mol. The van der Waals surface area contributed by atoms with Crippen molar-refractivity contribution in [2.24, 2.45) is 0 Å². The van der Waals surface area contributed by atoms with Crippen molar-refractivity contribution in [1.82, 2.24) is 5.32 Å². The van der Waals surface area contributed by atoms with E-state index in [1.165, 1.54) is 0 Å². The summed E-state index contributed by atoms with van der Waals surface area (Å²) in [7, 11) is 0. The molecule has 0 aliphatic rings. The summed E-state index contributed by atoms with van der Waals surface area (Å²) in [5, 5.41) is 5.80. The molecular formula is C13H11Cl2NOS. The number of hydrogen-bond acceptors (Lipinski definition) is 2. The van der Waals surface area contributed by atoms with Gasteiger partial charge in [-0.3, -0.25) is 4.79 Å². The molecule has 1 amide bonds. The first-order chi connectivity index (χ1) is 8.56. The first kappa shape index (κ1) is 13.4. The van der Waals surface area contributed by atoms with E-state index in [-0.39, 0.29) is 11.9 Å². The highest BCUT2D eigenvalue weighted by Gasteiger charge is 2.13. The van der Waals surface area contributed by atoms with Crippen molar-refractivity contribution < 1.29 is 4.79 Å². The molecule has 1 atom stereocenters. The quantitative estimate of drug-likeness (QED) is 0.885. The van der Waals surface area contributed by atoms with Gasteiger partial charge in [-0.15, -0.1) is 11.3 Å². The van der Waals surface area contributed by atoms with Crippen LogP contribution in [0.15, 0.2) is 35.7 Å². The number of hydrogen-bond donors (Lipinski definition) is 1. The smallest absolute Gasteiger partial charge is 0.251 e. The van der Waals surface area contributed by atoms with Gasteiger partial charge in [-0.1, -0.05) is 29.3 Å². The van der Waals surface area contributed by atoms with Crippen LogP contribution in [0.25, 0.3) is 0 Å². The van der Waals surface area contributed by atoms with Gasteiger partial charge in [-0.05, 0) is 36.6 Å². The number of carbonyl (C=O) groups excluding carboxylic acids is 1. The van der Waals surface area contributed by atoms with Gasteiger partial charge < -0.3 is 5.32 Å². The van der Waals surface area contributed by atoms with Crippen molar-refractivity contribution >= 4 is 40.4 Å². The number of benzene rings is 1. The van der Waals surface area contributed by atoms with Crippen LogP contribution in [-0.4, -0.2) is 5.91 Å². The summed E-state index contributed by atoms with van der Waals surface area (Å²) in [5.74, 6) is -0.180. The molecule has 0 spiro atoms. The Labute approximate surface area is 120 Å². The predicted octanol–water partition coefficient (Wildman–Crippen LogP) is 4.55. The van der Waals surface area contributed by atoms with Gasteiger partial charge in [0.05, 0.1) is 6.04 Å². The van der Waals surface area contributed by atoms with Gasteiger partial charge in [0.15, 0.2) is 0 Å². The average Bonchev–Trinajstić information content (AvgIpc) is 2.80. The maximum Gasteiger partial charge on any atom is 0.251 e. The summed E-state index contributed by atoms with van der Waals surface area (Å²) < 4.78 is 0. The zero-order valence-electron chi connectivity index (χ0n) is 9.61. The summed E-state index contributed by atoms with van der Waals surface area (Å²) in [5.41, 5.74) is 0.468. The Kier molecular flexibility index (Phi) is 4.27. The number of nitrogens with one attached hydrogen (secondary N) is 1. The molecule has 0 aliphatic heterocycles. The van der Waals surface area contributed by atoms with Gasteiger partial charge in [-0.2, -0.15) is 0 Å². The van der Waals surface area contributed by atoms with Gasteiger partial charge in [0.2, 0.25) is 0 Å². The van der Waals surface area contributed by atoms with E-state index < -0.39 is 0 Å². The molecule has 1 unspecified atom stereocenters. The van der Waals surface area contributed by atoms with E-state index in [4.69, 9.17) is 23.2 Å². The summed E-state index contributed by atoms with van der Waals surface area (Å²) in [4.78, 5) is 13.1. The molecule has 5 heteroatoms. The van der Waals surface area contributed by atoms with E-state index in [1.807, 2.05) is 24.4 Å². The minimum atomic E-state index is -0.180. The highest BCUT2D eigenvalue weighted by molar-refractivity contribution is 7.10. The van der Waals surface area contributed by atoms with E-state index >= 15 is 0 Å². The molecule has 94 valence electrons. The Bertz CT molecular complexity index is 534. The fourth-order valence-electron chi connectivity index (χ4n) is 1.57. The van der Waals surface area contributed by atoms with Gasteiger partial charge in [0.25, 0.3) is 5.91 Å². The molecule has 1 aromatic carbocycles. The third-order valence-corrected chi connectivity index (χ3v) is 3.93. The van der Waals surface area contributed by atoms with E-state index in [9.17, 15) is 4.79 Å². The molecule has 0 saturated carbocycles. The molecule has 0 radical (unpaired) electrons. The molecule has 1 heterocycles. The van der Waals surface area contributed by atoms with E-state index in [1.54, 1.807) is 29.5 Å². The Morgan fingerprint density at radius 2 is 1.94 bits per heavy atom. The van der Waals surface area contributed by atoms with Crippen LogP contribution in [0.3, 0.4) is 0 Å². The number of thiophene rings is 1. The zero-order valence-corrected chi connectivity index (χ0v) is 11.9. The van der Waals surface area contributed by atoms with Crippen LogP contribution in [0.5, 0.6) is 0 Å². The molecule has 1 aromatic heterocycles. The van der Waals surface area contributed by atoms with Crippen LogP contribution in [0.1, 0.15) is 28.2 Å². The Morgan fingerprint density at radius 1 is 1.28 bits per heavy atom. The Hall–Kier alpha value is -1.03. The number of carbonyl (C=O) groups is 1. The van der Waals surface area contributed by atoms with Crippen molar-refractivity contribution in [3.8, 4) is 0 Å². The van der Waals surface area contributed by atoms with E-state index in [2.05, 4.69) is 5.32 Å². The summed E-state index contributed by atoms with van der Waals surface area (Å²) in [6.45, 7) is 1.94. The van der Waals surface area contributed by atoms with Crippen molar-refractivity contribution in [3.63, 3.8) is 0 Å². The second-order valence-electron chi connectivity index (χ2n) is 3.87. The molecule has 0 aliphatic carbocycles. The van der Waals surface area contributed by atoms with Crippen molar-refractivity contribution in [2.75, 3.05) is 0 Å². The minimum absolute atomic E-state index is 0.0322. The topological polar surface area (TPSA) is 29.1 Å². The normalized spacial score (nSPS) is 12.2. The van der Waals surface area contributed by atoms with E-state index in [0.717, 1.165) is 4.88 Å². The molecule has 0 fully saturated rings. The standard InChI is InChI=1S/C13H11Cl2NOS/c1-8(12-3-2-4-18-12)16-13(17)9-5-10(14)7-11(15)6-9/h2-8H,1H3,(H,16,17). The summed E-state index contributed by atoms with van der Waals surface area (Å²) >= 11 is 13.3. The molecule has 2 aromatic rings. The fraction of sp³-hybridized carbons (Fsp3) is 0.154. The summed E-state index contributed by atoms with van der Waals surface area (Å²) in [6, 6.07) is 8.71. The number of halogens is 2. The molecule has 2 nitrogen and oxygen atoms in total. The summed E-state index contributed by atoms with van der Waals surface area (Å²) in [6.07, 6.45) is 0. The predicted molar refractivity (Wildman–Crippen MR) is 76.7 cm³/mol. The van der Waals surface area contributed by atoms with Crippen LogP contribution >= 0.6 is 34.5 Å². The first-order valence-corrected chi connectivity index (χ1v) is 7.00. The van der Waals surface area contributed by atoms with Crippen LogP contribution in [0.2, 0.25) is 10.0 Å². The van der Waals surface area contributed by atoms with Crippen LogP contribution in [0, 0.1) is 0 Å². The van der Waals surface area contributed by atoms with Crippen LogP contribution in [0.4, 0.5) is 0 Å². The van der Waals surface area contributed by atoms with Crippen molar-refractivity contribution in [1.29, 1.82) is 0 Å². The minimum Gasteiger partial charge on any atom is -0.345 e. The maximum absolute atomic E-state index is 12.0. The fourth-order valence-corrected chi connectivity index (χ4v) is 2.83. The molecule has 18 heavy (non-hydrogen) atoms. The highest BCUT2D eigenvalue weighted by Crippen LogP contribution is 2.21. The molecular weight excluding hydrogens is 289 g/mol. The molecule has 0 saturated heterocycles. The second kappa shape index (κ2) is 5.74.